The summed E-state index contributed by atoms with van der Waals surface area (Å²) in [5.41, 5.74) is 3.60. The van der Waals surface area contributed by atoms with Crippen molar-refractivity contribution in [3.05, 3.63) is 48.0 Å². The number of benzene rings is 2. The van der Waals surface area contributed by atoms with E-state index in [1.165, 1.54) is 30.0 Å². The first-order valence-electron chi connectivity index (χ1n) is 7.84. The molecule has 0 bridgehead atoms. The van der Waals surface area contributed by atoms with Gasteiger partial charge in [-0.25, -0.2) is 5.43 Å². The minimum Gasteiger partial charge on any atom is -0.294 e. The summed E-state index contributed by atoms with van der Waals surface area (Å²) in [6.45, 7) is 2.47. The fourth-order valence-electron chi connectivity index (χ4n) is 2.82. The predicted octanol–water partition coefficient (Wildman–Crippen LogP) is 2.78. The van der Waals surface area contributed by atoms with Gasteiger partial charge in [0.1, 0.15) is 0 Å². The Morgan fingerprint density at radius 3 is 2.68 bits per heavy atom. The van der Waals surface area contributed by atoms with Crippen molar-refractivity contribution < 1.29 is 4.79 Å². The number of amides is 1. The van der Waals surface area contributed by atoms with Crippen LogP contribution in [0.3, 0.4) is 0 Å². The van der Waals surface area contributed by atoms with Gasteiger partial charge in [0.2, 0.25) is 0 Å². The highest BCUT2D eigenvalue weighted by Crippen LogP contribution is 2.14. The maximum Gasteiger partial charge on any atom is 0.254 e. The monoisotopic (exact) mass is 295 g/mol. The normalized spacial score (nSPS) is 16.2. The molecule has 0 unspecified atom stereocenters. The van der Waals surface area contributed by atoms with E-state index in [-0.39, 0.29) is 5.91 Å². The van der Waals surface area contributed by atoms with Gasteiger partial charge < -0.3 is 0 Å². The van der Waals surface area contributed by atoms with Crippen LogP contribution in [-0.2, 0) is 4.79 Å². The van der Waals surface area contributed by atoms with Crippen molar-refractivity contribution in [3.8, 4) is 0 Å². The van der Waals surface area contributed by atoms with Crippen molar-refractivity contribution in [1.82, 2.24) is 10.3 Å². The Balaban J connectivity index is 1.55. The Kier molecular flexibility index (Phi) is 4.81. The number of fused-ring (bicyclic) bond motifs is 1. The maximum atomic E-state index is 11.8. The van der Waals surface area contributed by atoms with Gasteiger partial charge in [0.25, 0.3) is 5.91 Å². The molecule has 22 heavy (non-hydrogen) atoms. The Morgan fingerprint density at radius 1 is 1.09 bits per heavy atom. The second kappa shape index (κ2) is 7.18. The molecular formula is C18H21N3O. The van der Waals surface area contributed by atoms with E-state index < -0.39 is 0 Å². The number of hydrazone groups is 1. The molecule has 0 aromatic heterocycles. The standard InChI is InChI=1S/C18H21N3O/c22-18(14-21-10-4-1-5-11-21)20-19-13-15-8-9-16-6-2-3-7-17(16)12-15/h2-3,6-9,12-13H,1,4-5,10-11,14H2,(H,20,22)/b19-13+. The number of likely N-dealkylation sites (tertiary alicyclic amines) is 1. The lowest BCUT2D eigenvalue weighted by Crippen LogP contribution is -2.38. The van der Waals surface area contributed by atoms with E-state index >= 15 is 0 Å². The summed E-state index contributed by atoms with van der Waals surface area (Å²) in [5.74, 6) is -0.0426. The fraction of sp³-hybridized carbons (Fsp3) is 0.333. The first kappa shape index (κ1) is 14.7. The molecule has 1 heterocycles. The summed E-state index contributed by atoms with van der Waals surface area (Å²) < 4.78 is 0. The van der Waals surface area contributed by atoms with Crippen molar-refractivity contribution in [2.24, 2.45) is 5.10 Å². The van der Waals surface area contributed by atoms with Crippen LogP contribution in [-0.4, -0.2) is 36.7 Å². The van der Waals surface area contributed by atoms with Crippen molar-refractivity contribution in [1.29, 1.82) is 0 Å². The molecule has 1 saturated heterocycles. The molecule has 4 nitrogen and oxygen atoms in total. The molecule has 0 spiro atoms. The van der Waals surface area contributed by atoms with Crippen LogP contribution < -0.4 is 5.43 Å². The van der Waals surface area contributed by atoms with Crippen molar-refractivity contribution in [2.45, 2.75) is 19.3 Å². The van der Waals surface area contributed by atoms with Crippen molar-refractivity contribution >= 4 is 22.9 Å². The Morgan fingerprint density at radius 2 is 1.86 bits per heavy atom. The van der Waals surface area contributed by atoms with Crippen LogP contribution in [0.4, 0.5) is 0 Å². The number of carbonyl (C=O) groups is 1. The van der Waals surface area contributed by atoms with E-state index in [1.807, 2.05) is 18.2 Å². The van der Waals surface area contributed by atoms with E-state index in [9.17, 15) is 4.79 Å². The van der Waals surface area contributed by atoms with Gasteiger partial charge in [0.15, 0.2) is 0 Å². The number of carbonyl (C=O) groups excluding carboxylic acids is 1. The molecule has 3 rings (SSSR count). The molecule has 114 valence electrons. The molecule has 1 N–H and O–H groups in total. The molecule has 2 aromatic carbocycles. The summed E-state index contributed by atoms with van der Waals surface area (Å²) in [7, 11) is 0. The molecule has 0 aliphatic carbocycles. The number of hydrogen-bond acceptors (Lipinski definition) is 3. The fourth-order valence-corrected chi connectivity index (χ4v) is 2.82. The third kappa shape index (κ3) is 3.92. The minimum absolute atomic E-state index is 0.0426. The van der Waals surface area contributed by atoms with Crippen LogP contribution in [0.15, 0.2) is 47.6 Å². The lowest BCUT2D eigenvalue weighted by molar-refractivity contribution is -0.122. The molecule has 1 aliphatic rings. The van der Waals surface area contributed by atoms with Crippen molar-refractivity contribution in [2.75, 3.05) is 19.6 Å². The number of piperidine rings is 1. The van der Waals surface area contributed by atoms with Gasteiger partial charge in [-0.1, -0.05) is 42.8 Å². The third-order valence-corrected chi connectivity index (χ3v) is 3.99. The highest BCUT2D eigenvalue weighted by Gasteiger charge is 2.12. The molecule has 0 saturated carbocycles. The Labute approximate surface area is 130 Å². The predicted molar refractivity (Wildman–Crippen MR) is 90.0 cm³/mol. The number of hydrogen-bond donors (Lipinski definition) is 1. The van der Waals surface area contributed by atoms with E-state index in [0.29, 0.717) is 6.54 Å². The first-order chi connectivity index (χ1) is 10.8. The molecule has 0 radical (unpaired) electrons. The third-order valence-electron chi connectivity index (χ3n) is 3.99. The first-order valence-corrected chi connectivity index (χ1v) is 7.84. The summed E-state index contributed by atoms with van der Waals surface area (Å²) >= 11 is 0. The molecule has 4 heteroatoms. The lowest BCUT2D eigenvalue weighted by atomic mass is 10.1. The van der Waals surface area contributed by atoms with Crippen LogP contribution in [0.1, 0.15) is 24.8 Å². The van der Waals surface area contributed by atoms with E-state index in [0.717, 1.165) is 18.7 Å². The molecule has 1 fully saturated rings. The smallest absolute Gasteiger partial charge is 0.254 e. The largest absolute Gasteiger partial charge is 0.294 e. The van der Waals surface area contributed by atoms with Crippen LogP contribution in [0.5, 0.6) is 0 Å². The SMILES string of the molecule is O=C(CN1CCCCC1)N/N=C/c1ccc2ccccc2c1. The second-order valence-corrected chi connectivity index (χ2v) is 5.74. The van der Waals surface area contributed by atoms with Crippen LogP contribution in [0, 0.1) is 0 Å². The Bertz CT molecular complexity index is 675. The van der Waals surface area contributed by atoms with Crippen LogP contribution >= 0.6 is 0 Å². The zero-order chi connectivity index (χ0) is 15.2. The van der Waals surface area contributed by atoms with Crippen LogP contribution in [0.2, 0.25) is 0 Å². The van der Waals surface area contributed by atoms with Gasteiger partial charge in [0, 0.05) is 0 Å². The molecule has 1 amide bonds. The average molecular weight is 295 g/mol. The summed E-state index contributed by atoms with van der Waals surface area (Å²) in [6.07, 6.45) is 5.35. The zero-order valence-electron chi connectivity index (χ0n) is 12.7. The topological polar surface area (TPSA) is 44.7 Å². The van der Waals surface area contributed by atoms with Gasteiger partial charge >= 0.3 is 0 Å². The number of nitrogens with one attached hydrogen (secondary N) is 1. The molecule has 1 aliphatic heterocycles. The van der Waals surface area contributed by atoms with Crippen LogP contribution in [0.25, 0.3) is 10.8 Å². The second-order valence-electron chi connectivity index (χ2n) is 5.74. The lowest BCUT2D eigenvalue weighted by Gasteiger charge is -2.25. The van der Waals surface area contributed by atoms with E-state index in [2.05, 4.69) is 39.7 Å². The van der Waals surface area contributed by atoms with E-state index in [4.69, 9.17) is 0 Å². The maximum absolute atomic E-state index is 11.8. The molecule has 0 atom stereocenters. The quantitative estimate of drug-likeness (QED) is 0.696. The van der Waals surface area contributed by atoms with Gasteiger partial charge in [-0.2, -0.15) is 5.10 Å². The summed E-state index contributed by atoms with van der Waals surface area (Å²) in [4.78, 5) is 14.0. The highest BCUT2D eigenvalue weighted by molar-refractivity contribution is 5.90. The summed E-state index contributed by atoms with van der Waals surface area (Å²) in [6, 6.07) is 14.3. The molecule has 2 aromatic rings. The zero-order valence-corrected chi connectivity index (χ0v) is 12.7. The highest BCUT2D eigenvalue weighted by atomic mass is 16.2. The van der Waals surface area contributed by atoms with Gasteiger partial charge in [-0.15, -0.1) is 0 Å². The Hall–Kier alpha value is -2.20. The van der Waals surface area contributed by atoms with Gasteiger partial charge in [-0.3, -0.25) is 9.69 Å². The number of nitrogens with zero attached hydrogens (tertiary/aromatic N) is 2. The van der Waals surface area contributed by atoms with Gasteiger partial charge in [0.05, 0.1) is 12.8 Å². The minimum atomic E-state index is -0.0426. The van der Waals surface area contributed by atoms with Crippen molar-refractivity contribution in [3.63, 3.8) is 0 Å². The molecular weight excluding hydrogens is 274 g/mol. The summed E-state index contributed by atoms with van der Waals surface area (Å²) in [5, 5.41) is 6.44. The average Bonchev–Trinajstić information content (AvgIpc) is 2.55. The van der Waals surface area contributed by atoms with Gasteiger partial charge in [-0.05, 0) is 48.3 Å². The van der Waals surface area contributed by atoms with E-state index in [1.54, 1.807) is 6.21 Å². The number of rotatable bonds is 4.